The van der Waals surface area contributed by atoms with Crippen LogP contribution < -0.4 is 0 Å². The van der Waals surface area contributed by atoms with Gasteiger partial charge in [-0.1, -0.05) is 6.92 Å². The Morgan fingerprint density at radius 1 is 1.53 bits per heavy atom. The fourth-order valence-corrected chi connectivity index (χ4v) is 1.61. The Bertz CT molecular complexity index is 507. The van der Waals surface area contributed by atoms with Gasteiger partial charge in [0.1, 0.15) is 5.82 Å². The smallest absolute Gasteiger partial charge is 0.304 e. The summed E-state index contributed by atoms with van der Waals surface area (Å²) in [6.45, 7) is 1.83. The highest BCUT2D eigenvalue weighted by Gasteiger charge is 2.13. The molecule has 17 heavy (non-hydrogen) atoms. The second kappa shape index (κ2) is 4.78. The van der Waals surface area contributed by atoms with Gasteiger partial charge in [0.05, 0.1) is 18.3 Å². The largest absolute Gasteiger partial charge is 0.481 e. The van der Waals surface area contributed by atoms with E-state index in [0.29, 0.717) is 5.82 Å². The number of nitrogens with one attached hydrogen (secondary N) is 1. The molecular formula is C12H13N3O2. The van der Waals surface area contributed by atoms with Gasteiger partial charge < -0.3 is 10.1 Å². The molecule has 0 saturated heterocycles. The minimum Gasteiger partial charge on any atom is -0.481 e. The highest BCUT2D eigenvalue weighted by atomic mass is 16.4. The molecule has 0 radical (unpaired) electrons. The van der Waals surface area contributed by atoms with Crippen molar-refractivity contribution in [3.8, 4) is 11.3 Å². The highest BCUT2D eigenvalue weighted by Crippen LogP contribution is 2.20. The van der Waals surface area contributed by atoms with Crippen molar-refractivity contribution in [3.63, 3.8) is 0 Å². The number of aliphatic carboxylic acids is 1. The number of imidazole rings is 1. The van der Waals surface area contributed by atoms with Gasteiger partial charge in [-0.05, 0) is 12.1 Å². The molecule has 1 atom stereocenters. The number of carboxylic acids is 1. The lowest BCUT2D eigenvalue weighted by Crippen LogP contribution is -2.04. The minimum atomic E-state index is -0.822. The minimum absolute atomic E-state index is 0.0694. The van der Waals surface area contributed by atoms with Crippen LogP contribution in [-0.4, -0.2) is 26.0 Å². The molecule has 5 heteroatoms. The van der Waals surface area contributed by atoms with Crippen molar-refractivity contribution in [1.29, 1.82) is 0 Å². The van der Waals surface area contributed by atoms with Crippen LogP contribution >= 0.6 is 0 Å². The third-order valence-corrected chi connectivity index (χ3v) is 2.52. The standard InChI is InChI=1S/C12H13N3O2/c1-8(5-11(16)17)12-14-7-10(15-12)9-3-2-4-13-6-9/h2-4,6-8H,5H2,1H3,(H,14,15)(H,16,17). The van der Waals surface area contributed by atoms with Crippen LogP contribution in [0, 0.1) is 0 Å². The quantitative estimate of drug-likeness (QED) is 0.844. The Morgan fingerprint density at radius 3 is 3.00 bits per heavy atom. The van der Waals surface area contributed by atoms with Crippen molar-refractivity contribution in [2.75, 3.05) is 0 Å². The number of carbonyl (C=O) groups is 1. The lowest BCUT2D eigenvalue weighted by atomic mass is 10.1. The van der Waals surface area contributed by atoms with Crippen molar-refractivity contribution < 1.29 is 9.90 Å². The molecule has 2 heterocycles. The highest BCUT2D eigenvalue weighted by molar-refractivity contribution is 5.67. The topological polar surface area (TPSA) is 78.9 Å². The molecule has 1 unspecified atom stereocenters. The van der Waals surface area contributed by atoms with Crippen LogP contribution in [0.5, 0.6) is 0 Å². The van der Waals surface area contributed by atoms with E-state index in [2.05, 4.69) is 15.0 Å². The predicted molar refractivity (Wildman–Crippen MR) is 62.5 cm³/mol. The summed E-state index contributed by atoms with van der Waals surface area (Å²) in [6, 6.07) is 3.77. The number of pyridine rings is 1. The van der Waals surface area contributed by atoms with Crippen molar-refractivity contribution in [1.82, 2.24) is 15.0 Å². The fourth-order valence-electron chi connectivity index (χ4n) is 1.61. The molecule has 0 fully saturated rings. The molecule has 2 N–H and O–H groups in total. The van der Waals surface area contributed by atoms with Crippen LogP contribution in [0.25, 0.3) is 11.3 Å². The number of hydrogen-bond donors (Lipinski definition) is 2. The van der Waals surface area contributed by atoms with Crippen molar-refractivity contribution in [3.05, 3.63) is 36.5 Å². The molecular weight excluding hydrogens is 218 g/mol. The Kier molecular flexibility index (Phi) is 3.18. The molecule has 0 spiro atoms. The van der Waals surface area contributed by atoms with Crippen LogP contribution in [0.1, 0.15) is 25.1 Å². The second-order valence-electron chi connectivity index (χ2n) is 3.92. The number of nitrogens with zero attached hydrogens (tertiary/aromatic N) is 2. The fraction of sp³-hybridized carbons (Fsp3) is 0.250. The first kappa shape index (κ1) is 11.3. The van der Waals surface area contributed by atoms with Gasteiger partial charge >= 0.3 is 5.97 Å². The van der Waals surface area contributed by atoms with Crippen molar-refractivity contribution >= 4 is 5.97 Å². The first-order valence-corrected chi connectivity index (χ1v) is 5.34. The van der Waals surface area contributed by atoms with E-state index in [1.165, 1.54) is 0 Å². The third kappa shape index (κ3) is 2.69. The lowest BCUT2D eigenvalue weighted by molar-refractivity contribution is -0.137. The molecule has 0 aliphatic heterocycles. The molecule has 0 bridgehead atoms. The first-order valence-electron chi connectivity index (χ1n) is 5.34. The zero-order chi connectivity index (χ0) is 12.3. The Balaban J connectivity index is 2.19. The SMILES string of the molecule is CC(CC(=O)O)c1ncc(-c2cccnc2)[nH]1. The van der Waals surface area contributed by atoms with Crippen molar-refractivity contribution in [2.24, 2.45) is 0 Å². The summed E-state index contributed by atoms with van der Waals surface area (Å²) in [4.78, 5) is 21.9. The first-order chi connectivity index (χ1) is 8.16. The van der Waals surface area contributed by atoms with Gasteiger partial charge in [0.2, 0.25) is 0 Å². The normalized spacial score (nSPS) is 12.3. The number of rotatable bonds is 4. The van der Waals surface area contributed by atoms with E-state index in [1.54, 1.807) is 18.6 Å². The van der Waals surface area contributed by atoms with Gasteiger partial charge in [0.25, 0.3) is 0 Å². The zero-order valence-corrected chi connectivity index (χ0v) is 9.42. The molecule has 5 nitrogen and oxygen atoms in total. The summed E-state index contributed by atoms with van der Waals surface area (Å²) in [5, 5.41) is 8.72. The van der Waals surface area contributed by atoms with E-state index in [9.17, 15) is 4.79 Å². The molecule has 2 rings (SSSR count). The van der Waals surface area contributed by atoms with Gasteiger partial charge in [0.15, 0.2) is 0 Å². The van der Waals surface area contributed by atoms with E-state index < -0.39 is 5.97 Å². The maximum absolute atomic E-state index is 10.6. The summed E-state index contributed by atoms with van der Waals surface area (Å²) >= 11 is 0. The molecule has 2 aromatic heterocycles. The molecule has 0 aliphatic carbocycles. The maximum Gasteiger partial charge on any atom is 0.304 e. The molecule has 88 valence electrons. The van der Waals surface area contributed by atoms with Gasteiger partial charge in [-0.15, -0.1) is 0 Å². The van der Waals surface area contributed by atoms with Crippen molar-refractivity contribution in [2.45, 2.75) is 19.3 Å². The van der Waals surface area contributed by atoms with Crippen LogP contribution in [0.3, 0.4) is 0 Å². The maximum atomic E-state index is 10.6. The van der Waals surface area contributed by atoms with E-state index in [0.717, 1.165) is 11.3 Å². The van der Waals surface area contributed by atoms with Gasteiger partial charge in [0, 0.05) is 23.9 Å². The average Bonchev–Trinajstić information content (AvgIpc) is 2.78. The number of carboxylic acid groups (broad SMARTS) is 1. The molecule has 2 aromatic rings. The summed E-state index contributed by atoms with van der Waals surface area (Å²) in [7, 11) is 0. The zero-order valence-electron chi connectivity index (χ0n) is 9.42. The van der Waals surface area contributed by atoms with E-state index in [4.69, 9.17) is 5.11 Å². The summed E-state index contributed by atoms with van der Waals surface area (Å²) < 4.78 is 0. The number of hydrogen-bond acceptors (Lipinski definition) is 3. The van der Waals surface area contributed by atoms with Crippen LogP contribution in [0.4, 0.5) is 0 Å². The molecule has 0 saturated carbocycles. The Labute approximate surface area is 98.6 Å². The van der Waals surface area contributed by atoms with E-state index in [-0.39, 0.29) is 12.3 Å². The van der Waals surface area contributed by atoms with Crippen LogP contribution in [0.2, 0.25) is 0 Å². The predicted octanol–water partition coefficient (Wildman–Crippen LogP) is 2.05. The van der Waals surface area contributed by atoms with Gasteiger partial charge in [-0.3, -0.25) is 9.78 Å². The molecule has 0 aromatic carbocycles. The molecule has 0 aliphatic rings. The number of aromatic amines is 1. The van der Waals surface area contributed by atoms with Crippen LogP contribution in [0.15, 0.2) is 30.7 Å². The van der Waals surface area contributed by atoms with E-state index in [1.807, 2.05) is 19.1 Å². The third-order valence-electron chi connectivity index (χ3n) is 2.52. The monoisotopic (exact) mass is 231 g/mol. The summed E-state index contributed by atoms with van der Waals surface area (Å²) in [5.41, 5.74) is 1.79. The Hall–Kier alpha value is -2.17. The Morgan fingerprint density at radius 2 is 2.35 bits per heavy atom. The lowest BCUT2D eigenvalue weighted by Gasteiger charge is -2.04. The second-order valence-corrected chi connectivity index (χ2v) is 3.92. The summed E-state index contributed by atoms with van der Waals surface area (Å²) in [5.74, 6) is -0.263. The average molecular weight is 231 g/mol. The number of aromatic nitrogens is 3. The van der Waals surface area contributed by atoms with Crippen LogP contribution in [-0.2, 0) is 4.79 Å². The number of H-pyrrole nitrogens is 1. The summed E-state index contributed by atoms with van der Waals surface area (Å²) in [6.07, 6.45) is 5.21. The van der Waals surface area contributed by atoms with E-state index >= 15 is 0 Å². The van der Waals surface area contributed by atoms with Gasteiger partial charge in [-0.2, -0.15) is 0 Å². The van der Waals surface area contributed by atoms with Gasteiger partial charge in [-0.25, -0.2) is 4.98 Å². The molecule has 0 amide bonds.